The molecule has 0 bridgehead atoms. The standard InChI is InChI=1S/C11H15NO4S3/c1-3-9-12(8(6-17-9)11(13)14)19(15,16)10-5-4-7(2)18-10/h4-5,8-9H,3,6H2,1-2H3,(H,13,14). The van der Waals surface area contributed by atoms with E-state index in [1.54, 1.807) is 12.1 Å². The number of nitrogens with zero attached hydrogens (tertiary/aromatic N) is 1. The Balaban J connectivity index is 2.43. The lowest BCUT2D eigenvalue weighted by Crippen LogP contribution is -2.45. The number of hydrogen-bond acceptors (Lipinski definition) is 5. The normalized spacial score (nSPS) is 24.7. The Morgan fingerprint density at radius 1 is 1.53 bits per heavy atom. The number of carboxylic acids is 1. The molecule has 2 rings (SSSR count). The number of carboxylic acid groups (broad SMARTS) is 1. The monoisotopic (exact) mass is 321 g/mol. The van der Waals surface area contributed by atoms with Crippen LogP contribution in [0.2, 0.25) is 0 Å². The first-order valence-corrected chi connectivity index (χ1v) is 9.13. The maximum Gasteiger partial charge on any atom is 0.322 e. The lowest BCUT2D eigenvalue weighted by atomic mass is 10.3. The third kappa shape index (κ3) is 2.67. The van der Waals surface area contributed by atoms with Crippen LogP contribution in [0.25, 0.3) is 0 Å². The van der Waals surface area contributed by atoms with Crippen molar-refractivity contribution in [2.75, 3.05) is 5.75 Å². The molecule has 0 amide bonds. The fourth-order valence-electron chi connectivity index (χ4n) is 2.00. The molecular formula is C11H15NO4S3. The first kappa shape index (κ1) is 14.8. The fourth-order valence-corrected chi connectivity index (χ4v) is 6.93. The molecule has 1 fully saturated rings. The van der Waals surface area contributed by atoms with E-state index in [9.17, 15) is 18.3 Å². The highest BCUT2D eigenvalue weighted by Crippen LogP contribution is 2.37. The number of aryl methyl sites for hydroxylation is 1. The van der Waals surface area contributed by atoms with Crippen molar-refractivity contribution in [1.82, 2.24) is 4.31 Å². The summed E-state index contributed by atoms with van der Waals surface area (Å²) >= 11 is 2.56. The number of carbonyl (C=O) groups is 1. The minimum absolute atomic E-state index is 0.220. The van der Waals surface area contributed by atoms with Crippen molar-refractivity contribution in [3.05, 3.63) is 17.0 Å². The van der Waals surface area contributed by atoms with Crippen molar-refractivity contribution in [3.8, 4) is 0 Å². The van der Waals surface area contributed by atoms with Gasteiger partial charge in [-0.2, -0.15) is 4.31 Å². The second kappa shape index (κ2) is 5.43. The van der Waals surface area contributed by atoms with Crippen LogP contribution in [0.15, 0.2) is 16.3 Å². The van der Waals surface area contributed by atoms with E-state index in [0.717, 1.165) is 9.18 Å². The summed E-state index contributed by atoms with van der Waals surface area (Å²) in [7, 11) is -3.72. The van der Waals surface area contributed by atoms with Crippen LogP contribution >= 0.6 is 23.1 Å². The van der Waals surface area contributed by atoms with Gasteiger partial charge in [-0.25, -0.2) is 8.42 Å². The molecule has 1 aliphatic rings. The third-order valence-electron chi connectivity index (χ3n) is 2.92. The molecule has 2 unspecified atom stereocenters. The van der Waals surface area contributed by atoms with Crippen molar-refractivity contribution >= 4 is 39.1 Å². The topological polar surface area (TPSA) is 74.7 Å². The number of hydrogen-bond donors (Lipinski definition) is 1. The Labute approximate surface area is 120 Å². The van der Waals surface area contributed by atoms with Crippen LogP contribution in [0.5, 0.6) is 0 Å². The van der Waals surface area contributed by atoms with Gasteiger partial charge < -0.3 is 5.11 Å². The molecular weight excluding hydrogens is 306 g/mol. The average molecular weight is 321 g/mol. The highest BCUT2D eigenvalue weighted by molar-refractivity contribution is 8.01. The van der Waals surface area contributed by atoms with Gasteiger partial charge in [0.2, 0.25) is 0 Å². The summed E-state index contributed by atoms with van der Waals surface area (Å²) in [4.78, 5) is 12.1. The molecule has 2 heterocycles. The molecule has 1 saturated heterocycles. The Hall–Kier alpha value is -0.570. The number of rotatable bonds is 4. The molecule has 19 heavy (non-hydrogen) atoms. The molecule has 1 N–H and O–H groups in total. The lowest BCUT2D eigenvalue weighted by Gasteiger charge is -2.24. The van der Waals surface area contributed by atoms with Gasteiger partial charge in [-0.3, -0.25) is 4.79 Å². The van der Waals surface area contributed by atoms with Crippen LogP contribution in [0, 0.1) is 6.92 Å². The van der Waals surface area contributed by atoms with Crippen LogP contribution in [0.3, 0.4) is 0 Å². The van der Waals surface area contributed by atoms with Crippen LogP contribution < -0.4 is 0 Å². The Morgan fingerprint density at radius 3 is 2.68 bits per heavy atom. The molecule has 0 aliphatic carbocycles. The van der Waals surface area contributed by atoms with Crippen molar-refractivity contribution in [1.29, 1.82) is 0 Å². The molecule has 5 nitrogen and oxygen atoms in total. The van der Waals surface area contributed by atoms with E-state index < -0.39 is 22.0 Å². The zero-order valence-electron chi connectivity index (χ0n) is 10.6. The maximum absolute atomic E-state index is 12.6. The van der Waals surface area contributed by atoms with Crippen LogP contribution in [-0.2, 0) is 14.8 Å². The summed E-state index contributed by atoms with van der Waals surface area (Å²) < 4.78 is 26.6. The zero-order valence-corrected chi connectivity index (χ0v) is 13.0. The molecule has 0 radical (unpaired) electrons. The van der Waals surface area contributed by atoms with E-state index in [1.165, 1.54) is 23.1 Å². The number of thioether (sulfide) groups is 1. The van der Waals surface area contributed by atoms with E-state index in [1.807, 2.05) is 13.8 Å². The van der Waals surface area contributed by atoms with Gasteiger partial charge in [0.15, 0.2) is 0 Å². The third-order valence-corrected chi connectivity index (χ3v) is 7.89. The molecule has 106 valence electrons. The van der Waals surface area contributed by atoms with Gasteiger partial charge in [0.1, 0.15) is 10.3 Å². The predicted molar refractivity (Wildman–Crippen MR) is 76.0 cm³/mol. The van der Waals surface area contributed by atoms with E-state index in [4.69, 9.17) is 0 Å². The highest BCUT2D eigenvalue weighted by Gasteiger charge is 2.46. The van der Waals surface area contributed by atoms with Gasteiger partial charge in [-0.1, -0.05) is 6.92 Å². The minimum atomic E-state index is -3.72. The van der Waals surface area contributed by atoms with E-state index >= 15 is 0 Å². The van der Waals surface area contributed by atoms with Gasteiger partial charge in [0, 0.05) is 10.6 Å². The molecule has 0 spiro atoms. The lowest BCUT2D eigenvalue weighted by molar-refractivity contribution is -0.140. The van der Waals surface area contributed by atoms with Crippen molar-refractivity contribution < 1.29 is 18.3 Å². The van der Waals surface area contributed by atoms with Crippen molar-refractivity contribution in [2.45, 2.75) is 35.9 Å². The molecule has 0 saturated carbocycles. The maximum atomic E-state index is 12.6. The Bertz CT molecular complexity index is 581. The van der Waals surface area contributed by atoms with Crippen molar-refractivity contribution in [3.63, 3.8) is 0 Å². The number of sulfonamides is 1. The van der Waals surface area contributed by atoms with E-state index in [0.29, 0.717) is 12.2 Å². The Morgan fingerprint density at radius 2 is 2.21 bits per heavy atom. The highest BCUT2D eigenvalue weighted by atomic mass is 32.2. The van der Waals surface area contributed by atoms with Gasteiger partial charge in [0.25, 0.3) is 10.0 Å². The molecule has 8 heteroatoms. The number of thiophene rings is 1. The largest absolute Gasteiger partial charge is 0.480 e. The van der Waals surface area contributed by atoms with E-state index in [2.05, 4.69) is 0 Å². The first-order valence-electron chi connectivity index (χ1n) is 5.82. The Kier molecular flexibility index (Phi) is 4.24. The first-order chi connectivity index (χ1) is 8.87. The van der Waals surface area contributed by atoms with Gasteiger partial charge >= 0.3 is 5.97 Å². The summed E-state index contributed by atoms with van der Waals surface area (Å²) in [5.74, 6) is -0.780. The SMILES string of the molecule is CCC1SCC(C(=O)O)N1S(=O)(=O)c1ccc(C)s1. The second-order valence-electron chi connectivity index (χ2n) is 4.25. The summed E-state index contributed by atoms with van der Waals surface area (Å²) in [5, 5.41) is 8.90. The van der Waals surface area contributed by atoms with Gasteiger partial charge in [0.05, 0.1) is 5.37 Å². The van der Waals surface area contributed by atoms with Gasteiger partial charge in [-0.15, -0.1) is 23.1 Å². The van der Waals surface area contributed by atoms with Crippen molar-refractivity contribution in [2.24, 2.45) is 0 Å². The quantitative estimate of drug-likeness (QED) is 0.918. The minimum Gasteiger partial charge on any atom is -0.480 e. The van der Waals surface area contributed by atoms with Crippen LogP contribution in [0.4, 0.5) is 0 Å². The summed E-state index contributed by atoms with van der Waals surface area (Å²) in [6.45, 7) is 3.69. The predicted octanol–water partition coefficient (Wildman–Crippen LogP) is 1.98. The van der Waals surface area contributed by atoms with Crippen LogP contribution in [0.1, 0.15) is 18.2 Å². The zero-order chi connectivity index (χ0) is 14.2. The fraction of sp³-hybridized carbons (Fsp3) is 0.545. The second-order valence-corrected chi connectivity index (χ2v) is 8.82. The summed E-state index contributed by atoms with van der Waals surface area (Å²) in [6, 6.07) is 2.31. The number of aliphatic carboxylic acids is 1. The van der Waals surface area contributed by atoms with E-state index in [-0.39, 0.29) is 9.58 Å². The molecule has 1 aromatic heterocycles. The summed E-state index contributed by atoms with van der Waals surface area (Å²) in [5.41, 5.74) is 0. The van der Waals surface area contributed by atoms with Crippen LogP contribution in [-0.4, -0.2) is 41.0 Å². The average Bonchev–Trinajstić information content (AvgIpc) is 2.94. The molecule has 1 aliphatic heterocycles. The summed E-state index contributed by atoms with van der Waals surface area (Å²) in [6.07, 6.45) is 0.595. The molecule has 0 aromatic carbocycles. The van der Waals surface area contributed by atoms with Gasteiger partial charge in [-0.05, 0) is 25.5 Å². The molecule has 1 aromatic rings. The molecule has 2 atom stereocenters. The smallest absolute Gasteiger partial charge is 0.322 e.